The molecule has 0 radical (unpaired) electrons. The normalized spacial score (nSPS) is 26.0. The highest BCUT2D eigenvalue weighted by molar-refractivity contribution is 7.91. The van der Waals surface area contributed by atoms with Crippen LogP contribution in [0.15, 0.2) is 0 Å². The van der Waals surface area contributed by atoms with Crippen molar-refractivity contribution in [2.24, 2.45) is 0 Å². The van der Waals surface area contributed by atoms with E-state index in [2.05, 4.69) is 5.32 Å². The van der Waals surface area contributed by atoms with Crippen molar-refractivity contribution in [3.8, 4) is 0 Å². The molecule has 2 fully saturated rings. The van der Waals surface area contributed by atoms with Gasteiger partial charge in [0.2, 0.25) is 5.91 Å². The molecule has 2 heterocycles. The summed E-state index contributed by atoms with van der Waals surface area (Å²) in [5.41, 5.74) is 0. The van der Waals surface area contributed by atoms with Crippen LogP contribution in [-0.2, 0) is 14.6 Å². The Morgan fingerprint density at radius 3 is 2.46 bits per heavy atom. The first-order chi connectivity index (χ1) is 11.2. The van der Waals surface area contributed by atoms with Gasteiger partial charge in [-0.1, -0.05) is 13.3 Å². The first-order valence-electron chi connectivity index (χ1n) is 8.44. The predicted molar refractivity (Wildman–Crippen MR) is 91.5 cm³/mol. The number of likely N-dealkylation sites (N-methyl/N-ethyl adjacent to an activating group) is 1. The van der Waals surface area contributed by atoms with Crippen molar-refractivity contribution in [1.29, 1.82) is 0 Å². The fourth-order valence-corrected chi connectivity index (χ4v) is 5.27. The Balaban J connectivity index is 2.09. The minimum atomic E-state index is -3.20. The van der Waals surface area contributed by atoms with Gasteiger partial charge in [-0.15, -0.1) is 0 Å². The average Bonchev–Trinajstić information content (AvgIpc) is 2.82. The van der Waals surface area contributed by atoms with Crippen LogP contribution < -0.4 is 5.32 Å². The molecule has 2 aliphatic heterocycles. The van der Waals surface area contributed by atoms with Gasteiger partial charge < -0.3 is 15.1 Å². The first-order valence-corrected chi connectivity index (χ1v) is 10.3. The molecule has 8 nitrogen and oxygen atoms in total. The van der Waals surface area contributed by atoms with E-state index in [1.807, 2.05) is 11.8 Å². The molecule has 138 valence electrons. The van der Waals surface area contributed by atoms with Gasteiger partial charge in [0.1, 0.15) is 0 Å². The van der Waals surface area contributed by atoms with Gasteiger partial charge in [0.05, 0.1) is 24.1 Å². The molecule has 0 aromatic carbocycles. The van der Waals surface area contributed by atoms with Crippen LogP contribution >= 0.6 is 0 Å². The number of nitrogens with one attached hydrogen (secondary N) is 1. The summed E-state index contributed by atoms with van der Waals surface area (Å²) in [5, 5.41) is 2.87. The number of carbonyl (C=O) groups is 2. The zero-order chi connectivity index (χ0) is 17.9. The average molecular weight is 360 g/mol. The van der Waals surface area contributed by atoms with E-state index in [1.54, 1.807) is 19.0 Å². The van der Waals surface area contributed by atoms with Crippen LogP contribution in [0.5, 0.6) is 0 Å². The zero-order valence-electron chi connectivity index (χ0n) is 14.7. The fourth-order valence-electron chi connectivity index (χ4n) is 3.26. The van der Waals surface area contributed by atoms with E-state index in [0.29, 0.717) is 19.6 Å². The third-order valence-electron chi connectivity index (χ3n) is 4.70. The van der Waals surface area contributed by atoms with Crippen LogP contribution in [0.25, 0.3) is 0 Å². The third-order valence-corrected chi connectivity index (χ3v) is 6.39. The Labute approximate surface area is 144 Å². The van der Waals surface area contributed by atoms with Crippen molar-refractivity contribution in [3.05, 3.63) is 0 Å². The molecule has 2 saturated heterocycles. The van der Waals surface area contributed by atoms with Gasteiger partial charge in [-0.05, 0) is 6.42 Å². The molecule has 0 unspecified atom stereocenters. The summed E-state index contributed by atoms with van der Waals surface area (Å²) >= 11 is 0. The number of piperazine rings is 1. The molecule has 0 aliphatic carbocycles. The van der Waals surface area contributed by atoms with E-state index in [0.717, 1.165) is 12.8 Å². The largest absolute Gasteiger partial charge is 0.348 e. The standard InChI is InChI=1S/C15H28N4O4S/c1-4-5-6-16-15(21)19-8-7-18(9-14(20)17(2)3)12-10-24(22,23)11-13(12)19/h12-13H,4-11H2,1-3H3,(H,16,21)/t12-,13+/m1/s1. The number of rotatable bonds is 5. The van der Waals surface area contributed by atoms with Crippen LogP contribution in [0.4, 0.5) is 4.79 Å². The molecule has 1 N–H and O–H groups in total. The molecule has 0 aromatic rings. The number of unbranched alkanes of at least 4 members (excludes halogenated alkanes) is 1. The Morgan fingerprint density at radius 1 is 1.17 bits per heavy atom. The summed E-state index contributed by atoms with van der Waals surface area (Å²) in [6, 6.07) is -0.876. The minimum Gasteiger partial charge on any atom is -0.348 e. The third kappa shape index (κ3) is 4.38. The van der Waals surface area contributed by atoms with Crippen LogP contribution in [0, 0.1) is 0 Å². The molecule has 2 atom stereocenters. The highest BCUT2D eigenvalue weighted by Gasteiger charge is 2.48. The maximum atomic E-state index is 12.4. The molecule has 0 aromatic heterocycles. The van der Waals surface area contributed by atoms with Crippen molar-refractivity contribution in [2.75, 3.05) is 51.8 Å². The highest BCUT2D eigenvalue weighted by Crippen LogP contribution is 2.27. The number of amides is 3. The van der Waals surface area contributed by atoms with E-state index in [-0.39, 0.29) is 42.1 Å². The van der Waals surface area contributed by atoms with Crippen molar-refractivity contribution in [1.82, 2.24) is 20.0 Å². The number of nitrogens with zero attached hydrogens (tertiary/aromatic N) is 3. The lowest BCUT2D eigenvalue weighted by Crippen LogP contribution is -2.63. The van der Waals surface area contributed by atoms with Gasteiger partial charge in [0, 0.05) is 39.8 Å². The summed E-state index contributed by atoms with van der Waals surface area (Å²) in [6.07, 6.45) is 1.89. The highest BCUT2D eigenvalue weighted by atomic mass is 32.2. The maximum absolute atomic E-state index is 12.4. The number of fused-ring (bicyclic) bond motifs is 1. The summed E-state index contributed by atoms with van der Waals surface area (Å²) in [4.78, 5) is 29.4. The lowest BCUT2D eigenvalue weighted by molar-refractivity contribution is -0.131. The summed E-state index contributed by atoms with van der Waals surface area (Å²) < 4.78 is 24.2. The van der Waals surface area contributed by atoms with E-state index in [4.69, 9.17) is 0 Å². The van der Waals surface area contributed by atoms with Crippen LogP contribution in [-0.4, -0.2) is 98.9 Å². The lowest BCUT2D eigenvalue weighted by atomic mass is 10.1. The fraction of sp³-hybridized carbons (Fsp3) is 0.867. The van der Waals surface area contributed by atoms with Gasteiger partial charge in [-0.2, -0.15) is 0 Å². The van der Waals surface area contributed by atoms with Crippen molar-refractivity contribution < 1.29 is 18.0 Å². The van der Waals surface area contributed by atoms with Crippen molar-refractivity contribution in [2.45, 2.75) is 31.8 Å². The molecule has 3 amide bonds. The molecule has 2 rings (SSSR count). The summed E-state index contributed by atoms with van der Waals surface area (Å²) in [5.74, 6) is -0.0679. The number of sulfone groups is 1. The van der Waals surface area contributed by atoms with Crippen LogP contribution in [0.3, 0.4) is 0 Å². The number of hydrogen-bond donors (Lipinski definition) is 1. The van der Waals surface area contributed by atoms with Gasteiger partial charge in [0.25, 0.3) is 0 Å². The molecule has 0 spiro atoms. The molecule has 24 heavy (non-hydrogen) atoms. The second kappa shape index (κ2) is 7.69. The van der Waals surface area contributed by atoms with Gasteiger partial charge in [-0.3, -0.25) is 9.69 Å². The Bertz CT molecular complexity index is 578. The van der Waals surface area contributed by atoms with Gasteiger partial charge in [0.15, 0.2) is 9.84 Å². The summed E-state index contributed by atoms with van der Waals surface area (Å²) in [7, 11) is 0.169. The number of urea groups is 1. The van der Waals surface area contributed by atoms with E-state index >= 15 is 0 Å². The van der Waals surface area contributed by atoms with E-state index in [1.165, 1.54) is 4.90 Å². The van der Waals surface area contributed by atoms with Crippen LogP contribution in [0.1, 0.15) is 19.8 Å². The molecular formula is C15H28N4O4S. The summed E-state index contributed by atoms with van der Waals surface area (Å²) in [6.45, 7) is 3.78. The van der Waals surface area contributed by atoms with Crippen LogP contribution in [0.2, 0.25) is 0 Å². The zero-order valence-corrected chi connectivity index (χ0v) is 15.5. The van der Waals surface area contributed by atoms with E-state index < -0.39 is 9.84 Å². The first kappa shape index (κ1) is 19.0. The number of carbonyl (C=O) groups excluding carboxylic acids is 2. The van der Waals surface area contributed by atoms with E-state index in [9.17, 15) is 18.0 Å². The lowest BCUT2D eigenvalue weighted by Gasteiger charge is -2.43. The Kier molecular flexibility index (Phi) is 6.08. The smallest absolute Gasteiger partial charge is 0.317 e. The van der Waals surface area contributed by atoms with Gasteiger partial charge >= 0.3 is 6.03 Å². The molecular weight excluding hydrogens is 332 g/mol. The monoisotopic (exact) mass is 360 g/mol. The van der Waals surface area contributed by atoms with Crippen molar-refractivity contribution in [3.63, 3.8) is 0 Å². The SMILES string of the molecule is CCCCNC(=O)N1CCN(CC(=O)N(C)C)[C@@H]2CS(=O)(=O)C[C@@H]21. The molecule has 2 aliphatic rings. The second-order valence-electron chi connectivity index (χ2n) is 6.75. The number of hydrogen-bond acceptors (Lipinski definition) is 5. The Hall–Kier alpha value is -1.35. The molecule has 0 saturated carbocycles. The molecule has 9 heteroatoms. The molecule has 0 bridgehead atoms. The predicted octanol–water partition coefficient (Wildman–Crippen LogP) is -0.632. The second-order valence-corrected chi connectivity index (χ2v) is 8.90. The van der Waals surface area contributed by atoms with Gasteiger partial charge in [-0.25, -0.2) is 13.2 Å². The minimum absolute atomic E-state index is 0.0110. The topological polar surface area (TPSA) is 90.0 Å². The maximum Gasteiger partial charge on any atom is 0.317 e. The Morgan fingerprint density at radius 2 is 1.83 bits per heavy atom. The van der Waals surface area contributed by atoms with Crippen molar-refractivity contribution >= 4 is 21.8 Å². The quantitative estimate of drug-likeness (QED) is 0.659.